The smallest absolute Gasteiger partial charge is 0.258 e. The normalized spacial score (nSPS) is 11.4. The van der Waals surface area contributed by atoms with Crippen LogP contribution in [0.4, 0.5) is 0 Å². The van der Waals surface area contributed by atoms with Gasteiger partial charge < -0.3 is 14.6 Å². The van der Waals surface area contributed by atoms with Gasteiger partial charge in [-0.3, -0.25) is 9.59 Å². The third-order valence-corrected chi connectivity index (χ3v) is 6.04. The summed E-state index contributed by atoms with van der Waals surface area (Å²) >= 11 is 1.59. The number of fused-ring (bicyclic) bond motifs is 1. The average molecular weight is 475 g/mol. The van der Waals surface area contributed by atoms with Gasteiger partial charge >= 0.3 is 0 Å². The highest BCUT2D eigenvalue weighted by Crippen LogP contribution is 2.18. The quantitative estimate of drug-likeness (QED) is 0.374. The van der Waals surface area contributed by atoms with Crippen molar-refractivity contribution in [1.82, 2.24) is 19.9 Å². The molecule has 0 aliphatic heterocycles. The van der Waals surface area contributed by atoms with Crippen molar-refractivity contribution in [2.45, 2.75) is 40.0 Å². The van der Waals surface area contributed by atoms with Gasteiger partial charge in [-0.05, 0) is 56.7 Å². The van der Waals surface area contributed by atoms with E-state index >= 15 is 0 Å². The van der Waals surface area contributed by atoms with E-state index in [1.807, 2.05) is 56.5 Å². The van der Waals surface area contributed by atoms with Crippen LogP contribution in [0, 0.1) is 6.92 Å². The van der Waals surface area contributed by atoms with Crippen LogP contribution in [-0.2, 0) is 17.9 Å². The van der Waals surface area contributed by atoms with E-state index in [0.29, 0.717) is 29.1 Å². The minimum Gasteiger partial charge on any atom is -0.487 e. The molecule has 0 atom stereocenters. The van der Waals surface area contributed by atoms with E-state index in [1.165, 1.54) is 6.08 Å². The van der Waals surface area contributed by atoms with Gasteiger partial charge in [0.25, 0.3) is 5.56 Å². The van der Waals surface area contributed by atoms with E-state index in [9.17, 15) is 9.59 Å². The predicted octanol–water partition coefficient (Wildman–Crippen LogP) is 4.72. The van der Waals surface area contributed by atoms with Crippen molar-refractivity contribution in [3.05, 3.63) is 92.4 Å². The Morgan fingerprint density at radius 3 is 2.76 bits per heavy atom. The summed E-state index contributed by atoms with van der Waals surface area (Å²) in [6.45, 7) is 6.43. The van der Waals surface area contributed by atoms with Crippen LogP contribution >= 0.6 is 11.3 Å². The van der Waals surface area contributed by atoms with E-state index in [2.05, 4.69) is 15.0 Å². The molecule has 8 heteroatoms. The summed E-state index contributed by atoms with van der Waals surface area (Å²) in [5, 5.41) is 3.52. The number of hydrogen-bond acceptors (Lipinski definition) is 6. The van der Waals surface area contributed by atoms with Crippen molar-refractivity contribution >= 4 is 34.2 Å². The van der Waals surface area contributed by atoms with E-state index in [4.69, 9.17) is 4.74 Å². The van der Waals surface area contributed by atoms with Crippen molar-refractivity contribution in [2.24, 2.45) is 0 Å². The van der Waals surface area contributed by atoms with Crippen molar-refractivity contribution in [3.63, 3.8) is 0 Å². The van der Waals surface area contributed by atoms with E-state index in [-0.39, 0.29) is 24.1 Å². The van der Waals surface area contributed by atoms with Gasteiger partial charge in [-0.15, -0.1) is 11.3 Å². The number of benzene rings is 2. The van der Waals surface area contributed by atoms with Crippen LogP contribution in [0.25, 0.3) is 17.0 Å². The number of H-pyrrole nitrogens is 1. The number of carbonyl (C=O) groups excluding carboxylic acids is 1. The first-order valence-corrected chi connectivity index (χ1v) is 11.9. The molecule has 7 nitrogen and oxygen atoms in total. The molecule has 2 aromatic heterocycles. The molecular weight excluding hydrogens is 448 g/mol. The van der Waals surface area contributed by atoms with Gasteiger partial charge in [0.05, 0.1) is 28.1 Å². The Balaban J connectivity index is 1.45. The number of hydrogen-bond donors (Lipinski definition) is 1. The zero-order valence-electron chi connectivity index (χ0n) is 19.3. The maximum Gasteiger partial charge on any atom is 0.258 e. The van der Waals surface area contributed by atoms with Gasteiger partial charge in [0.15, 0.2) is 0 Å². The highest BCUT2D eigenvalue weighted by atomic mass is 32.1. The first-order valence-electron chi connectivity index (χ1n) is 11.0. The standard InChI is InChI=1S/C26H26N4O3S/c1-17(2)30(14-24-28-23-10-5-4-9-22(23)26(32)29-24)25(31)12-11-19-7-6-8-21(13-19)33-15-20-16-34-18(3)27-20/h4-13,16-17H,14-15H2,1-3H3,(H,28,29,32). The van der Waals surface area contributed by atoms with Crippen molar-refractivity contribution < 1.29 is 9.53 Å². The SMILES string of the molecule is Cc1nc(COc2cccc(C=CC(=O)N(Cc3nc4ccccc4c(=O)[nH]3)C(C)C)c2)cs1. The molecule has 2 aromatic carbocycles. The summed E-state index contributed by atoms with van der Waals surface area (Å²) in [7, 11) is 0. The third kappa shape index (κ3) is 5.77. The van der Waals surface area contributed by atoms with Crippen LogP contribution < -0.4 is 10.3 Å². The predicted molar refractivity (Wildman–Crippen MR) is 135 cm³/mol. The molecule has 2 heterocycles. The van der Waals surface area contributed by atoms with Crippen LogP contribution in [-0.4, -0.2) is 31.8 Å². The fourth-order valence-corrected chi connectivity index (χ4v) is 4.09. The molecule has 0 aliphatic rings. The maximum atomic E-state index is 13.0. The molecule has 0 saturated carbocycles. The van der Waals surface area contributed by atoms with Gasteiger partial charge in [-0.25, -0.2) is 9.97 Å². The van der Waals surface area contributed by atoms with Gasteiger partial charge in [-0.1, -0.05) is 24.3 Å². The molecule has 0 spiro atoms. The van der Waals surface area contributed by atoms with Gasteiger partial charge in [0, 0.05) is 17.5 Å². The fraction of sp³-hybridized carbons (Fsp3) is 0.231. The second-order valence-electron chi connectivity index (χ2n) is 8.14. The number of thiazole rings is 1. The van der Waals surface area contributed by atoms with Crippen molar-refractivity contribution in [3.8, 4) is 5.75 Å². The number of rotatable bonds is 8. The molecule has 0 fully saturated rings. The molecule has 1 amide bonds. The van der Waals surface area contributed by atoms with Gasteiger partial charge in [0.2, 0.25) is 5.91 Å². The molecule has 0 aliphatic carbocycles. The summed E-state index contributed by atoms with van der Waals surface area (Å²) in [5.41, 5.74) is 2.14. The Bertz CT molecular complexity index is 1390. The van der Waals surface area contributed by atoms with E-state index in [1.54, 1.807) is 40.5 Å². The van der Waals surface area contributed by atoms with Gasteiger partial charge in [0.1, 0.15) is 18.2 Å². The number of aromatic amines is 1. The number of nitrogens with zero attached hydrogens (tertiary/aromatic N) is 3. The van der Waals surface area contributed by atoms with E-state index < -0.39 is 0 Å². The minimum absolute atomic E-state index is 0.0786. The lowest BCUT2D eigenvalue weighted by atomic mass is 10.2. The van der Waals surface area contributed by atoms with E-state index in [0.717, 1.165) is 16.3 Å². The minimum atomic E-state index is -0.211. The first kappa shape index (κ1) is 23.4. The Hall–Kier alpha value is -3.78. The summed E-state index contributed by atoms with van der Waals surface area (Å²) in [6.07, 6.45) is 3.29. The number of nitrogens with one attached hydrogen (secondary N) is 1. The Morgan fingerprint density at radius 2 is 2.00 bits per heavy atom. The lowest BCUT2D eigenvalue weighted by Crippen LogP contribution is -2.36. The molecule has 0 radical (unpaired) electrons. The second-order valence-corrected chi connectivity index (χ2v) is 9.20. The summed E-state index contributed by atoms with van der Waals surface area (Å²) in [6, 6.07) is 14.6. The first-order chi connectivity index (χ1) is 16.4. The summed E-state index contributed by atoms with van der Waals surface area (Å²) in [4.78, 5) is 38.8. The molecule has 1 N–H and O–H groups in total. The molecule has 0 unspecified atom stereocenters. The number of carbonyl (C=O) groups is 1. The molecule has 0 saturated heterocycles. The maximum absolute atomic E-state index is 13.0. The molecule has 4 aromatic rings. The summed E-state index contributed by atoms with van der Waals surface area (Å²) < 4.78 is 5.84. The zero-order chi connectivity index (χ0) is 24.1. The third-order valence-electron chi connectivity index (χ3n) is 5.22. The Kier molecular flexibility index (Phi) is 7.18. The number of ether oxygens (including phenoxy) is 1. The number of amides is 1. The highest BCUT2D eigenvalue weighted by molar-refractivity contribution is 7.09. The topological polar surface area (TPSA) is 88.2 Å². The Morgan fingerprint density at radius 1 is 1.18 bits per heavy atom. The number of para-hydroxylation sites is 1. The second kappa shape index (κ2) is 10.4. The zero-order valence-corrected chi connectivity index (χ0v) is 20.1. The van der Waals surface area contributed by atoms with Crippen LogP contribution in [0.1, 0.15) is 35.9 Å². The van der Waals surface area contributed by atoms with Crippen molar-refractivity contribution in [2.75, 3.05) is 0 Å². The van der Waals surface area contributed by atoms with Crippen LogP contribution in [0.3, 0.4) is 0 Å². The summed E-state index contributed by atoms with van der Waals surface area (Å²) in [5.74, 6) is 0.987. The molecule has 0 bridgehead atoms. The van der Waals surface area contributed by atoms with Crippen LogP contribution in [0.5, 0.6) is 5.75 Å². The lowest BCUT2D eigenvalue weighted by molar-refractivity contribution is -0.128. The molecule has 174 valence electrons. The number of aryl methyl sites for hydroxylation is 1. The number of aromatic nitrogens is 3. The Labute approximate surface area is 201 Å². The average Bonchev–Trinajstić information content (AvgIpc) is 3.25. The highest BCUT2D eigenvalue weighted by Gasteiger charge is 2.17. The van der Waals surface area contributed by atoms with Crippen molar-refractivity contribution in [1.29, 1.82) is 0 Å². The lowest BCUT2D eigenvalue weighted by Gasteiger charge is -2.25. The van der Waals surface area contributed by atoms with Gasteiger partial charge in [-0.2, -0.15) is 0 Å². The van der Waals surface area contributed by atoms with Crippen LogP contribution in [0.2, 0.25) is 0 Å². The largest absolute Gasteiger partial charge is 0.487 e. The van der Waals surface area contributed by atoms with Crippen LogP contribution in [0.15, 0.2) is 64.8 Å². The monoisotopic (exact) mass is 474 g/mol. The fourth-order valence-electron chi connectivity index (χ4n) is 3.49. The molecule has 4 rings (SSSR count). The molecule has 34 heavy (non-hydrogen) atoms. The molecular formula is C26H26N4O3S.